The Morgan fingerprint density at radius 3 is 3.11 bits per heavy atom. The molecular weight excluding hydrogens is 248 g/mol. The summed E-state index contributed by atoms with van der Waals surface area (Å²) in [5.74, 6) is 1.46. The summed E-state index contributed by atoms with van der Waals surface area (Å²) in [6.45, 7) is 0.666. The van der Waals surface area contributed by atoms with E-state index in [2.05, 4.69) is 0 Å². The molecule has 3 heterocycles. The van der Waals surface area contributed by atoms with Gasteiger partial charge in [-0.3, -0.25) is 0 Å². The fraction of sp³-hybridized carbons (Fsp3) is 0.357. The van der Waals surface area contributed by atoms with Gasteiger partial charge in [0.05, 0.1) is 25.0 Å². The number of fused-ring (bicyclic) bond motifs is 5. The van der Waals surface area contributed by atoms with Crippen LogP contribution in [0.25, 0.3) is 11.0 Å². The minimum Gasteiger partial charge on any atom is -0.496 e. The maximum Gasteiger partial charge on any atom is 0.336 e. The van der Waals surface area contributed by atoms with Crippen LogP contribution in [0.2, 0.25) is 0 Å². The summed E-state index contributed by atoms with van der Waals surface area (Å²) in [6.07, 6.45) is 0.605. The third-order valence-electron chi connectivity index (χ3n) is 3.74. The van der Waals surface area contributed by atoms with Crippen molar-refractivity contribution in [2.75, 3.05) is 13.7 Å². The molecule has 2 unspecified atom stereocenters. The van der Waals surface area contributed by atoms with E-state index in [9.17, 15) is 4.79 Å². The molecule has 0 aliphatic carbocycles. The number of hydrogen-bond acceptors (Lipinski definition) is 5. The summed E-state index contributed by atoms with van der Waals surface area (Å²) in [6, 6.07) is 4.96. The van der Waals surface area contributed by atoms with Crippen molar-refractivity contribution in [1.82, 2.24) is 0 Å². The molecule has 0 spiro atoms. The zero-order chi connectivity index (χ0) is 13.0. The lowest BCUT2D eigenvalue weighted by Crippen LogP contribution is -2.13. The smallest absolute Gasteiger partial charge is 0.336 e. The molecule has 0 radical (unpaired) electrons. The highest BCUT2D eigenvalue weighted by Gasteiger charge is 2.42. The Morgan fingerprint density at radius 2 is 2.26 bits per heavy atom. The van der Waals surface area contributed by atoms with Gasteiger partial charge in [-0.2, -0.15) is 0 Å². The van der Waals surface area contributed by atoms with E-state index >= 15 is 0 Å². The van der Waals surface area contributed by atoms with Gasteiger partial charge < -0.3 is 18.6 Å². The van der Waals surface area contributed by atoms with E-state index in [-0.39, 0.29) is 17.8 Å². The fourth-order valence-electron chi connectivity index (χ4n) is 2.90. The lowest BCUT2D eigenvalue weighted by Gasteiger charge is -2.09. The van der Waals surface area contributed by atoms with Crippen molar-refractivity contribution < 1.29 is 18.6 Å². The number of rotatable bonds is 1. The molecule has 5 nitrogen and oxygen atoms in total. The van der Waals surface area contributed by atoms with Crippen molar-refractivity contribution in [2.24, 2.45) is 0 Å². The minimum absolute atomic E-state index is 0.133. The summed E-state index contributed by atoms with van der Waals surface area (Å²) >= 11 is 0. The van der Waals surface area contributed by atoms with Gasteiger partial charge in [-0.1, -0.05) is 0 Å². The predicted octanol–water partition coefficient (Wildman–Crippen LogP) is 2.02. The van der Waals surface area contributed by atoms with Gasteiger partial charge in [-0.25, -0.2) is 4.79 Å². The van der Waals surface area contributed by atoms with Crippen LogP contribution < -0.4 is 15.1 Å². The Balaban J connectivity index is 2.08. The maximum absolute atomic E-state index is 11.5. The van der Waals surface area contributed by atoms with Crippen LogP contribution in [0.3, 0.4) is 0 Å². The zero-order valence-electron chi connectivity index (χ0n) is 10.3. The molecule has 0 amide bonds. The molecule has 1 aromatic carbocycles. The predicted molar refractivity (Wildman–Crippen MR) is 66.8 cm³/mol. The Morgan fingerprint density at radius 1 is 1.37 bits per heavy atom. The highest BCUT2D eigenvalue weighted by atomic mass is 16.7. The number of methoxy groups -OCH3 is 1. The highest BCUT2D eigenvalue weighted by molar-refractivity contribution is 5.89. The second kappa shape index (κ2) is 3.74. The van der Waals surface area contributed by atoms with E-state index in [1.165, 1.54) is 6.07 Å². The van der Waals surface area contributed by atoms with Gasteiger partial charge in [-0.05, 0) is 12.5 Å². The second-order valence-electron chi connectivity index (χ2n) is 4.74. The summed E-state index contributed by atoms with van der Waals surface area (Å²) in [5, 5.41) is 0.789. The number of benzene rings is 1. The Kier molecular flexibility index (Phi) is 2.14. The molecule has 2 aromatic rings. The van der Waals surface area contributed by atoms with Gasteiger partial charge in [-0.15, -0.1) is 0 Å². The molecule has 2 aliphatic rings. The summed E-state index contributed by atoms with van der Waals surface area (Å²) in [7, 11) is 1.58. The zero-order valence-corrected chi connectivity index (χ0v) is 10.3. The van der Waals surface area contributed by atoms with Gasteiger partial charge >= 0.3 is 5.63 Å². The SMILES string of the molecule is COc1cc2c(c3oc(=O)ccc13)C1CCOC1O2. The Bertz CT molecular complexity index is 718. The van der Waals surface area contributed by atoms with E-state index in [1.807, 2.05) is 6.07 Å². The molecule has 2 atom stereocenters. The number of ether oxygens (including phenoxy) is 3. The lowest BCUT2D eigenvalue weighted by atomic mass is 9.96. The normalized spacial score (nSPS) is 24.1. The fourth-order valence-corrected chi connectivity index (χ4v) is 2.90. The first-order chi connectivity index (χ1) is 9.28. The summed E-state index contributed by atoms with van der Waals surface area (Å²) < 4.78 is 22.0. The van der Waals surface area contributed by atoms with Gasteiger partial charge in [0.25, 0.3) is 0 Å². The molecule has 0 saturated carbocycles. The molecule has 98 valence electrons. The monoisotopic (exact) mass is 260 g/mol. The maximum atomic E-state index is 11.5. The molecule has 1 fully saturated rings. The molecule has 1 saturated heterocycles. The quantitative estimate of drug-likeness (QED) is 0.734. The van der Waals surface area contributed by atoms with Gasteiger partial charge in [0.2, 0.25) is 6.29 Å². The molecule has 4 rings (SSSR count). The minimum atomic E-state index is -0.370. The van der Waals surface area contributed by atoms with Crippen molar-refractivity contribution in [3.05, 3.63) is 34.2 Å². The first-order valence-electron chi connectivity index (χ1n) is 6.21. The van der Waals surface area contributed by atoms with Crippen molar-refractivity contribution >= 4 is 11.0 Å². The molecule has 1 aromatic heterocycles. The highest BCUT2D eigenvalue weighted by Crippen LogP contribution is 2.49. The van der Waals surface area contributed by atoms with Gasteiger partial charge in [0, 0.05) is 17.7 Å². The van der Waals surface area contributed by atoms with E-state index in [1.54, 1.807) is 13.2 Å². The Hall–Kier alpha value is -2.01. The average Bonchev–Trinajstić information content (AvgIpc) is 2.97. The van der Waals surface area contributed by atoms with E-state index in [4.69, 9.17) is 18.6 Å². The third kappa shape index (κ3) is 1.42. The van der Waals surface area contributed by atoms with Crippen molar-refractivity contribution in [3.63, 3.8) is 0 Å². The average molecular weight is 260 g/mol. The lowest BCUT2D eigenvalue weighted by molar-refractivity contribution is -0.0337. The van der Waals surface area contributed by atoms with E-state index in [0.717, 1.165) is 17.4 Å². The Labute approximate surface area is 108 Å². The van der Waals surface area contributed by atoms with E-state index in [0.29, 0.717) is 23.7 Å². The van der Waals surface area contributed by atoms with Crippen LogP contribution in [0.1, 0.15) is 17.9 Å². The standard InChI is InChI=1S/C14H12O5/c1-16-9-6-10-12(8-4-5-17-14(8)18-10)13-7(9)2-3-11(15)19-13/h2-3,6,8,14H,4-5H2,1H3. The summed E-state index contributed by atoms with van der Waals surface area (Å²) in [5.41, 5.74) is 1.11. The van der Waals surface area contributed by atoms with Crippen molar-refractivity contribution in [2.45, 2.75) is 18.6 Å². The molecular formula is C14H12O5. The molecule has 5 heteroatoms. The number of hydrogen-bond donors (Lipinski definition) is 0. The first kappa shape index (κ1) is 10.9. The van der Waals surface area contributed by atoms with Crippen LogP contribution in [0, 0.1) is 0 Å². The molecule has 0 N–H and O–H groups in total. The first-order valence-corrected chi connectivity index (χ1v) is 6.21. The van der Waals surface area contributed by atoms with Crippen LogP contribution in [0.5, 0.6) is 11.5 Å². The second-order valence-corrected chi connectivity index (χ2v) is 4.74. The van der Waals surface area contributed by atoms with E-state index < -0.39 is 0 Å². The van der Waals surface area contributed by atoms with Gasteiger partial charge in [0.1, 0.15) is 17.1 Å². The molecule has 0 bridgehead atoms. The van der Waals surface area contributed by atoms with Crippen molar-refractivity contribution in [1.29, 1.82) is 0 Å². The van der Waals surface area contributed by atoms with Crippen molar-refractivity contribution in [3.8, 4) is 11.5 Å². The molecule has 19 heavy (non-hydrogen) atoms. The van der Waals surface area contributed by atoms with Crippen LogP contribution in [-0.4, -0.2) is 20.0 Å². The molecule has 2 aliphatic heterocycles. The van der Waals surface area contributed by atoms with Crippen LogP contribution in [0.4, 0.5) is 0 Å². The van der Waals surface area contributed by atoms with Crippen LogP contribution >= 0.6 is 0 Å². The topological polar surface area (TPSA) is 57.9 Å². The van der Waals surface area contributed by atoms with Gasteiger partial charge in [0.15, 0.2) is 0 Å². The third-order valence-corrected chi connectivity index (χ3v) is 3.74. The summed E-state index contributed by atoms with van der Waals surface area (Å²) in [4.78, 5) is 11.5. The van der Waals surface area contributed by atoms with Crippen LogP contribution in [0.15, 0.2) is 27.4 Å². The largest absolute Gasteiger partial charge is 0.496 e. The van der Waals surface area contributed by atoms with Crippen LogP contribution in [-0.2, 0) is 4.74 Å².